The highest BCUT2D eigenvalue weighted by Gasteiger charge is 2.07. The van der Waals surface area contributed by atoms with E-state index in [9.17, 15) is 4.79 Å². The van der Waals surface area contributed by atoms with Crippen LogP contribution in [0.4, 0.5) is 5.69 Å². The van der Waals surface area contributed by atoms with Crippen LogP contribution in [-0.4, -0.2) is 19.1 Å². The van der Waals surface area contributed by atoms with Crippen LogP contribution in [0.5, 0.6) is 11.5 Å². The summed E-state index contributed by atoms with van der Waals surface area (Å²) in [4.78, 5) is 12.4. The number of rotatable bonds is 9. The van der Waals surface area contributed by atoms with Crippen LogP contribution in [0.2, 0.25) is 0 Å². The van der Waals surface area contributed by atoms with Crippen molar-refractivity contribution in [1.82, 2.24) is 0 Å². The molecule has 0 bridgehead atoms. The molecule has 0 aliphatic carbocycles. The average molecular weight is 389 g/mol. The van der Waals surface area contributed by atoms with Crippen molar-refractivity contribution in [3.8, 4) is 11.5 Å². The molecule has 0 saturated heterocycles. The molecule has 4 nitrogen and oxygen atoms in total. The Bertz CT molecular complexity index is 888. The molecule has 3 rings (SSSR count). The van der Waals surface area contributed by atoms with Crippen LogP contribution in [0, 0.1) is 5.92 Å². The quantitative estimate of drug-likeness (QED) is 0.518. The molecule has 0 aliphatic heterocycles. The standard InChI is InChI=1S/C25H27NO3/c1-19(2)18-29-24-12-8-21(9-13-24)25(27)26-22-10-14-23(15-11-22)28-17-16-20-6-4-3-5-7-20/h3-15,19H,16-18H2,1-2H3,(H,26,27). The van der Waals surface area contributed by atoms with Gasteiger partial charge in [0.1, 0.15) is 11.5 Å². The van der Waals surface area contributed by atoms with Crippen molar-refractivity contribution in [3.63, 3.8) is 0 Å². The lowest BCUT2D eigenvalue weighted by atomic mass is 10.2. The molecule has 0 aliphatic rings. The SMILES string of the molecule is CC(C)COc1ccc(C(=O)Nc2ccc(OCCc3ccccc3)cc2)cc1. The van der Waals surface area contributed by atoms with E-state index in [0.717, 1.165) is 23.6 Å². The van der Waals surface area contributed by atoms with Gasteiger partial charge in [0.15, 0.2) is 0 Å². The molecule has 0 unspecified atom stereocenters. The number of ether oxygens (including phenoxy) is 2. The Morgan fingerprint density at radius 2 is 1.45 bits per heavy atom. The van der Waals surface area contributed by atoms with Crippen LogP contribution in [0.1, 0.15) is 29.8 Å². The van der Waals surface area contributed by atoms with E-state index in [0.29, 0.717) is 24.7 Å². The zero-order chi connectivity index (χ0) is 20.5. The van der Waals surface area contributed by atoms with Gasteiger partial charge in [0.25, 0.3) is 5.91 Å². The Morgan fingerprint density at radius 1 is 0.828 bits per heavy atom. The summed E-state index contributed by atoms with van der Waals surface area (Å²) < 4.78 is 11.4. The average Bonchev–Trinajstić information content (AvgIpc) is 2.74. The molecule has 0 fully saturated rings. The first kappa shape index (κ1) is 20.5. The van der Waals surface area contributed by atoms with Gasteiger partial charge in [-0.25, -0.2) is 0 Å². The molecule has 1 amide bonds. The summed E-state index contributed by atoms with van der Waals surface area (Å²) in [5.74, 6) is 1.86. The van der Waals surface area contributed by atoms with E-state index < -0.39 is 0 Å². The molecule has 4 heteroatoms. The molecule has 150 valence electrons. The Kier molecular flexibility index (Phi) is 7.28. The summed E-state index contributed by atoms with van der Waals surface area (Å²) in [5.41, 5.74) is 2.56. The first-order valence-corrected chi connectivity index (χ1v) is 9.91. The largest absolute Gasteiger partial charge is 0.493 e. The first-order valence-electron chi connectivity index (χ1n) is 9.91. The summed E-state index contributed by atoms with van der Waals surface area (Å²) in [7, 11) is 0. The smallest absolute Gasteiger partial charge is 0.255 e. The molecule has 3 aromatic rings. The Labute approximate surface area is 172 Å². The Morgan fingerprint density at radius 3 is 2.10 bits per heavy atom. The van der Waals surface area contributed by atoms with Crippen LogP contribution >= 0.6 is 0 Å². The first-order chi connectivity index (χ1) is 14.1. The van der Waals surface area contributed by atoms with Crippen molar-refractivity contribution in [2.24, 2.45) is 5.92 Å². The van der Waals surface area contributed by atoms with Gasteiger partial charge in [-0.3, -0.25) is 4.79 Å². The number of anilines is 1. The van der Waals surface area contributed by atoms with Crippen LogP contribution in [0.25, 0.3) is 0 Å². The molecular formula is C25H27NO3. The van der Waals surface area contributed by atoms with Gasteiger partial charge in [-0.05, 0) is 60.0 Å². The van der Waals surface area contributed by atoms with Crippen LogP contribution in [0.15, 0.2) is 78.9 Å². The number of nitrogens with one attached hydrogen (secondary N) is 1. The van der Waals surface area contributed by atoms with Crippen molar-refractivity contribution in [1.29, 1.82) is 0 Å². The third kappa shape index (κ3) is 6.68. The normalized spacial score (nSPS) is 10.6. The molecule has 0 radical (unpaired) electrons. The van der Waals surface area contributed by atoms with Crippen LogP contribution in [-0.2, 0) is 6.42 Å². The zero-order valence-electron chi connectivity index (χ0n) is 16.9. The molecular weight excluding hydrogens is 362 g/mol. The second-order valence-electron chi connectivity index (χ2n) is 7.29. The molecule has 0 heterocycles. The summed E-state index contributed by atoms with van der Waals surface area (Å²) in [6, 6.07) is 24.8. The van der Waals surface area contributed by atoms with Crippen molar-refractivity contribution in [2.45, 2.75) is 20.3 Å². The van der Waals surface area contributed by atoms with Crippen molar-refractivity contribution in [2.75, 3.05) is 18.5 Å². The summed E-state index contributed by atoms with van der Waals surface area (Å²) in [5, 5.41) is 2.90. The minimum Gasteiger partial charge on any atom is -0.493 e. The second-order valence-corrected chi connectivity index (χ2v) is 7.29. The monoisotopic (exact) mass is 389 g/mol. The van der Waals surface area contributed by atoms with E-state index in [-0.39, 0.29) is 5.91 Å². The van der Waals surface area contributed by atoms with Crippen LogP contribution < -0.4 is 14.8 Å². The van der Waals surface area contributed by atoms with Gasteiger partial charge in [0, 0.05) is 17.7 Å². The molecule has 29 heavy (non-hydrogen) atoms. The lowest BCUT2D eigenvalue weighted by molar-refractivity contribution is 0.102. The lowest BCUT2D eigenvalue weighted by Crippen LogP contribution is -2.12. The van der Waals surface area contributed by atoms with E-state index in [1.54, 1.807) is 12.1 Å². The number of carbonyl (C=O) groups excluding carboxylic acids is 1. The van der Waals surface area contributed by atoms with Crippen LogP contribution in [0.3, 0.4) is 0 Å². The van der Waals surface area contributed by atoms with Gasteiger partial charge in [-0.15, -0.1) is 0 Å². The van der Waals surface area contributed by atoms with Gasteiger partial charge in [0.05, 0.1) is 13.2 Å². The minimum atomic E-state index is -0.154. The summed E-state index contributed by atoms with van der Waals surface area (Å²) >= 11 is 0. The number of carbonyl (C=O) groups is 1. The van der Waals surface area contributed by atoms with E-state index in [2.05, 4.69) is 31.3 Å². The third-order valence-corrected chi connectivity index (χ3v) is 4.31. The van der Waals surface area contributed by atoms with Gasteiger partial charge in [-0.1, -0.05) is 44.2 Å². The molecule has 0 spiro atoms. The third-order valence-electron chi connectivity index (χ3n) is 4.31. The lowest BCUT2D eigenvalue weighted by Gasteiger charge is -2.10. The highest BCUT2D eigenvalue weighted by atomic mass is 16.5. The molecule has 0 aromatic heterocycles. The fraction of sp³-hybridized carbons (Fsp3) is 0.240. The summed E-state index contributed by atoms with van der Waals surface area (Å²) in [6.45, 7) is 5.47. The molecule has 1 N–H and O–H groups in total. The number of amides is 1. The van der Waals surface area contributed by atoms with Gasteiger partial charge in [-0.2, -0.15) is 0 Å². The van der Waals surface area contributed by atoms with Crippen molar-refractivity contribution in [3.05, 3.63) is 90.0 Å². The Hall–Kier alpha value is -3.27. The van der Waals surface area contributed by atoms with Crippen molar-refractivity contribution >= 4 is 11.6 Å². The number of hydrogen-bond donors (Lipinski definition) is 1. The Balaban J connectivity index is 1.48. The van der Waals surface area contributed by atoms with E-state index in [1.807, 2.05) is 54.6 Å². The highest BCUT2D eigenvalue weighted by Crippen LogP contribution is 2.18. The maximum Gasteiger partial charge on any atom is 0.255 e. The zero-order valence-corrected chi connectivity index (χ0v) is 16.9. The summed E-state index contributed by atoms with van der Waals surface area (Å²) in [6.07, 6.45) is 0.857. The molecule has 0 saturated carbocycles. The number of hydrogen-bond acceptors (Lipinski definition) is 3. The van der Waals surface area contributed by atoms with E-state index >= 15 is 0 Å². The maximum atomic E-state index is 12.4. The second kappa shape index (κ2) is 10.3. The van der Waals surface area contributed by atoms with E-state index in [4.69, 9.17) is 9.47 Å². The van der Waals surface area contributed by atoms with E-state index in [1.165, 1.54) is 5.56 Å². The molecule has 0 atom stereocenters. The minimum absolute atomic E-state index is 0.154. The fourth-order valence-corrected chi connectivity index (χ4v) is 2.73. The van der Waals surface area contributed by atoms with Gasteiger partial charge < -0.3 is 14.8 Å². The topological polar surface area (TPSA) is 47.6 Å². The predicted octanol–water partition coefficient (Wildman–Crippen LogP) is 5.60. The van der Waals surface area contributed by atoms with Crippen molar-refractivity contribution < 1.29 is 14.3 Å². The highest BCUT2D eigenvalue weighted by molar-refractivity contribution is 6.04. The number of benzene rings is 3. The fourth-order valence-electron chi connectivity index (χ4n) is 2.73. The molecule has 3 aromatic carbocycles. The maximum absolute atomic E-state index is 12.4. The predicted molar refractivity (Wildman–Crippen MR) is 117 cm³/mol. The van der Waals surface area contributed by atoms with Gasteiger partial charge in [0.2, 0.25) is 0 Å². The van der Waals surface area contributed by atoms with Gasteiger partial charge >= 0.3 is 0 Å².